The van der Waals surface area contributed by atoms with Gasteiger partial charge in [0.2, 0.25) is 5.91 Å². The monoisotopic (exact) mass is 753 g/mol. The van der Waals surface area contributed by atoms with E-state index >= 15 is 0 Å². The van der Waals surface area contributed by atoms with Gasteiger partial charge >= 0.3 is 0 Å². The molecule has 0 aromatic heterocycles. The van der Waals surface area contributed by atoms with Crippen LogP contribution in [-0.2, 0) is 18.4 Å². The first-order chi connectivity index (χ1) is 25.0. The highest BCUT2D eigenvalue weighted by Gasteiger charge is 2.23. The maximum Gasteiger partial charge on any atom is 0.268 e. The summed E-state index contributed by atoms with van der Waals surface area (Å²) in [4.78, 5) is 25.2. The molecule has 3 unspecified atom stereocenters. The van der Waals surface area contributed by atoms with Crippen molar-refractivity contribution in [1.29, 1.82) is 0 Å². The average molecular weight is 753 g/mol. The first-order valence-corrected chi connectivity index (χ1v) is 22.5. The van der Waals surface area contributed by atoms with E-state index in [9.17, 15) is 19.4 Å². The molecule has 0 aliphatic rings. The topological polar surface area (TPSA) is 108 Å². The number of hydrogen-bond donors (Lipinski definition) is 2. The van der Waals surface area contributed by atoms with E-state index in [2.05, 4.69) is 55.6 Å². The molecule has 0 aliphatic heterocycles. The molecule has 0 saturated heterocycles. The number of unbranched alkanes of at least 4 members (excludes halogenated alkanes) is 18. The number of aliphatic hydroxyl groups excluding tert-OH is 1. The third kappa shape index (κ3) is 36.8. The number of quaternary nitrogens is 1. The second-order valence-corrected chi connectivity index (χ2v) is 16.7. The van der Waals surface area contributed by atoms with Crippen LogP contribution < -0.4 is 10.2 Å². The summed E-state index contributed by atoms with van der Waals surface area (Å²) in [5.74, 6) is -0.211. The fourth-order valence-electron chi connectivity index (χ4n) is 5.69. The van der Waals surface area contributed by atoms with E-state index in [1.807, 2.05) is 27.2 Å². The van der Waals surface area contributed by atoms with E-state index in [4.69, 9.17) is 9.05 Å². The zero-order chi connectivity index (χ0) is 38.6. The fourth-order valence-corrected chi connectivity index (χ4v) is 6.42. The summed E-state index contributed by atoms with van der Waals surface area (Å²) in [5.41, 5.74) is 0. The van der Waals surface area contributed by atoms with Gasteiger partial charge in [0.1, 0.15) is 13.2 Å². The van der Waals surface area contributed by atoms with Crippen LogP contribution in [0.3, 0.4) is 0 Å². The molecule has 0 bridgehead atoms. The molecular weight excluding hydrogens is 671 g/mol. The molecule has 0 fully saturated rings. The smallest absolute Gasteiger partial charge is 0.268 e. The van der Waals surface area contributed by atoms with Gasteiger partial charge in [-0.05, 0) is 51.4 Å². The maximum atomic E-state index is 12.8. The number of carbonyl (C=O) groups is 1. The van der Waals surface area contributed by atoms with Gasteiger partial charge in [-0.2, -0.15) is 0 Å². The molecule has 304 valence electrons. The van der Waals surface area contributed by atoms with Crippen LogP contribution in [0.4, 0.5) is 0 Å². The number of nitrogens with zero attached hydrogens (tertiary/aromatic N) is 1. The molecule has 0 rings (SSSR count). The number of phosphoric acid groups is 1. The average Bonchev–Trinajstić information content (AvgIpc) is 3.09. The van der Waals surface area contributed by atoms with Crippen LogP contribution in [0.5, 0.6) is 0 Å². The highest BCUT2D eigenvalue weighted by molar-refractivity contribution is 7.45. The van der Waals surface area contributed by atoms with Crippen LogP contribution in [-0.4, -0.2) is 68.5 Å². The number of allylic oxidation sites excluding steroid dienone is 7. The molecule has 9 heteroatoms. The van der Waals surface area contributed by atoms with E-state index in [-0.39, 0.29) is 19.1 Å². The summed E-state index contributed by atoms with van der Waals surface area (Å²) in [5, 5.41) is 13.7. The van der Waals surface area contributed by atoms with Crippen LogP contribution in [0.25, 0.3) is 0 Å². The Bertz CT molecular complexity index is 991. The third-order valence-corrected chi connectivity index (χ3v) is 10.0. The lowest BCUT2D eigenvalue weighted by Gasteiger charge is -2.29. The van der Waals surface area contributed by atoms with Crippen molar-refractivity contribution in [2.75, 3.05) is 40.9 Å². The molecule has 0 aliphatic carbocycles. The highest BCUT2D eigenvalue weighted by Crippen LogP contribution is 2.38. The number of hydrogen-bond acceptors (Lipinski definition) is 6. The summed E-state index contributed by atoms with van der Waals surface area (Å²) < 4.78 is 23.1. The minimum absolute atomic E-state index is 0.00475. The molecule has 52 heavy (non-hydrogen) atoms. The summed E-state index contributed by atoms with van der Waals surface area (Å²) >= 11 is 0. The Kier molecular flexibility index (Phi) is 34.1. The van der Waals surface area contributed by atoms with Crippen molar-refractivity contribution in [1.82, 2.24) is 5.32 Å². The van der Waals surface area contributed by atoms with Crippen molar-refractivity contribution in [2.24, 2.45) is 0 Å². The predicted octanol–water partition coefficient (Wildman–Crippen LogP) is 10.7. The second kappa shape index (κ2) is 35.2. The molecule has 0 heterocycles. The summed E-state index contributed by atoms with van der Waals surface area (Å²) in [6, 6.07) is -0.890. The van der Waals surface area contributed by atoms with Gasteiger partial charge in [0, 0.05) is 6.42 Å². The Morgan fingerprint density at radius 2 is 1.17 bits per heavy atom. The van der Waals surface area contributed by atoms with Crippen LogP contribution in [0, 0.1) is 0 Å². The van der Waals surface area contributed by atoms with Gasteiger partial charge in [0.05, 0.1) is 39.9 Å². The largest absolute Gasteiger partial charge is 0.756 e. The van der Waals surface area contributed by atoms with E-state index in [1.54, 1.807) is 6.08 Å². The zero-order valence-corrected chi connectivity index (χ0v) is 35.1. The zero-order valence-electron chi connectivity index (χ0n) is 34.2. The van der Waals surface area contributed by atoms with E-state index in [1.165, 1.54) is 77.0 Å². The standard InChI is InChI=1S/C43H81N2O6P/c1-6-8-10-12-14-16-18-20-21-22-23-25-27-29-31-33-35-37-43(47)44-41(40-51-52(48,49)50-39-38-45(3,4)5)42(46)36-34-32-30-28-26-24-19-17-15-13-11-9-7-2/h8,10,14,16,20-21,34,36,41-42,46H,6-7,9,11-13,15,17-19,22-33,35,37-40H2,1-5H3,(H-,44,47,48,49)/b10-8-,16-14-,21-20-,36-34+. The van der Waals surface area contributed by atoms with Crippen molar-refractivity contribution < 1.29 is 32.9 Å². The molecule has 0 radical (unpaired) electrons. The molecule has 3 atom stereocenters. The lowest BCUT2D eigenvalue weighted by Crippen LogP contribution is -2.45. The Balaban J connectivity index is 4.48. The SMILES string of the molecule is CC/C=C\C/C=C\C/C=C\CCCCCCCCCC(=O)NC(COP(=O)([O-])OCC[N+](C)(C)C)C(O)/C=C/CCCCCCCCCCCCC. The molecule has 0 spiro atoms. The van der Waals surface area contributed by atoms with Gasteiger partial charge in [0.15, 0.2) is 0 Å². The van der Waals surface area contributed by atoms with Crippen LogP contribution in [0.15, 0.2) is 48.6 Å². The molecular formula is C43H81N2O6P. The Morgan fingerprint density at radius 3 is 1.71 bits per heavy atom. The van der Waals surface area contributed by atoms with Gasteiger partial charge < -0.3 is 28.8 Å². The normalized spacial score (nSPS) is 15.0. The Hall–Kier alpha value is -1.54. The van der Waals surface area contributed by atoms with Crippen molar-refractivity contribution in [3.63, 3.8) is 0 Å². The summed E-state index contributed by atoms with van der Waals surface area (Å²) in [6.07, 6.45) is 42.9. The van der Waals surface area contributed by atoms with Crippen molar-refractivity contribution in [2.45, 2.75) is 180 Å². The quantitative estimate of drug-likeness (QED) is 0.0283. The van der Waals surface area contributed by atoms with Gasteiger partial charge in [-0.25, -0.2) is 0 Å². The first kappa shape index (κ1) is 50.5. The van der Waals surface area contributed by atoms with Crippen LogP contribution >= 0.6 is 7.82 Å². The van der Waals surface area contributed by atoms with Crippen molar-refractivity contribution >= 4 is 13.7 Å². The van der Waals surface area contributed by atoms with Crippen molar-refractivity contribution in [3.8, 4) is 0 Å². The molecule has 0 aromatic carbocycles. The molecule has 1 amide bonds. The molecule has 0 aromatic rings. The number of phosphoric ester groups is 1. The number of rotatable bonds is 37. The van der Waals surface area contributed by atoms with Gasteiger partial charge in [-0.1, -0.05) is 159 Å². The predicted molar refractivity (Wildman–Crippen MR) is 219 cm³/mol. The van der Waals surface area contributed by atoms with Crippen LogP contribution in [0.2, 0.25) is 0 Å². The highest BCUT2D eigenvalue weighted by atomic mass is 31.2. The Labute approximate surface area is 320 Å². The number of aliphatic hydroxyl groups is 1. The molecule has 0 saturated carbocycles. The van der Waals surface area contributed by atoms with Gasteiger partial charge in [0.25, 0.3) is 7.82 Å². The van der Waals surface area contributed by atoms with Crippen molar-refractivity contribution in [3.05, 3.63) is 48.6 Å². The first-order valence-electron chi connectivity index (χ1n) is 21.0. The Morgan fingerprint density at radius 1 is 0.692 bits per heavy atom. The molecule has 8 nitrogen and oxygen atoms in total. The minimum atomic E-state index is -4.59. The minimum Gasteiger partial charge on any atom is -0.756 e. The number of nitrogens with one attached hydrogen (secondary N) is 1. The van der Waals surface area contributed by atoms with E-state index in [0.29, 0.717) is 17.4 Å². The number of likely N-dealkylation sites (N-methyl/N-ethyl adjacent to an activating group) is 1. The van der Waals surface area contributed by atoms with Crippen LogP contribution in [0.1, 0.15) is 168 Å². The lowest BCUT2D eigenvalue weighted by molar-refractivity contribution is -0.870. The third-order valence-electron chi connectivity index (χ3n) is 9.04. The second-order valence-electron chi connectivity index (χ2n) is 15.3. The number of amides is 1. The summed E-state index contributed by atoms with van der Waals surface area (Å²) in [7, 11) is 1.25. The fraction of sp³-hybridized carbons (Fsp3) is 0.791. The van der Waals surface area contributed by atoms with E-state index < -0.39 is 20.0 Å². The summed E-state index contributed by atoms with van der Waals surface area (Å²) in [6.45, 7) is 4.50. The van der Waals surface area contributed by atoms with Gasteiger partial charge in [-0.3, -0.25) is 9.36 Å². The maximum absolute atomic E-state index is 12.8. The lowest BCUT2D eigenvalue weighted by atomic mass is 10.0. The van der Waals surface area contributed by atoms with E-state index in [0.717, 1.165) is 70.6 Å². The molecule has 2 N–H and O–H groups in total. The number of carbonyl (C=O) groups excluding carboxylic acids is 1. The van der Waals surface area contributed by atoms with Gasteiger partial charge in [-0.15, -0.1) is 0 Å².